The lowest BCUT2D eigenvalue weighted by molar-refractivity contribution is -0.312. The smallest absolute Gasteiger partial charge is 0.374 e. The van der Waals surface area contributed by atoms with E-state index in [0.29, 0.717) is 5.56 Å². The minimum absolute atomic E-state index is 0.0217. The summed E-state index contributed by atoms with van der Waals surface area (Å²) in [5.41, 5.74) is -3.42. The minimum Gasteiger partial charge on any atom is -0.374 e. The maximum absolute atomic E-state index is 13.5. The van der Waals surface area contributed by atoms with E-state index in [1.165, 1.54) is 7.11 Å². The molecule has 3 aromatic carbocycles. The van der Waals surface area contributed by atoms with Crippen LogP contribution in [-0.4, -0.2) is 58.3 Å². The highest BCUT2D eigenvalue weighted by Gasteiger charge is 2.55. The van der Waals surface area contributed by atoms with E-state index in [9.17, 15) is 21.6 Å². The number of hydrogen-bond donors (Lipinski definition) is 0. The Labute approximate surface area is 237 Å². The van der Waals surface area contributed by atoms with Crippen LogP contribution in [0.1, 0.15) is 16.7 Å². The molecule has 41 heavy (non-hydrogen) atoms. The zero-order valence-corrected chi connectivity index (χ0v) is 23.0. The molecule has 8 nitrogen and oxygen atoms in total. The molecule has 0 radical (unpaired) electrons. The Morgan fingerprint density at radius 1 is 0.707 bits per heavy atom. The van der Waals surface area contributed by atoms with Crippen molar-refractivity contribution in [1.82, 2.24) is 0 Å². The van der Waals surface area contributed by atoms with Crippen LogP contribution < -0.4 is 0 Å². The van der Waals surface area contributed by atoms with Crippen LogP contribution in [0.25, 0.3) is 0 Å². The van der Waals surface area contributed by atoms with E-state index >= 15 is 0 Å². The number of methoxy groups -OCH3 is 1. The van der Waals surface area contributed by atoms with E-state index in [-0.39, 0.29) is 26.4 Å². The molecule has 0 unspecified atom stereocenters. The van der Waals surface area contributed by atoms with Crippen LogP contribution in [0.15, 0.2) is 91.0 Å². The van der Waals surface area contributed by atoms with Gasteiger partial charge in [0.15, 0.2) is 6.29 Å². The summed E-state index contributed by atoms with van der Waals surface area (Å²) >= 11 is 0. The van der Waals surface area contributed by atoms with Gasteiger partial charge in [-0.15, -0.1) is 0 Å². The third-order valence-corrected chi connectivity index (χ3v) is 7.35. The molecule has 1 aliphatic heterocycles. The zero-order valence-electron chi connectivity index (χ0n) is 22.2. The molecule has 5 atom stereocenters. The monoisotopic (exact) mass is 596 g/mol. The average Bonchev–Trinajstić information content (AvgIpc) is 2.97. The first-order chi connectivity index (χ1) is 19.7. The molecule has 0 bridgehead atoms. The second kappa shape index (κ2) is 14.4. The van der Waals surface area contributed by atoms with E-state index in [1.807, 2.05) is 12.1 Å². The van der Waals surface area contributed by atoms with Crippen LogP contribution in [0.2, 0.25) is 0 Å². The Bertz CT molecular complexity index is 1290. The van der Waals surface area contributed by atoms with Gasteiger partial charge in [0.25, 0.3) is 0 Å². The molecule has 0 amide bonds. The van der Waals surface area contributed by atoms with Gasteiger partial charge < -0.3 is 23.7 Å². The van der Waals surface area contributed by atoms with E-state index in [1.54, 1.807) is 78.9 Å². The summed E-state index contributed by atoms with van der Waals surface area (Å²) in [4.78, 5) is 0. The van der Waals surface area contributed by atoms with E-state index in [0.717, 1.165) is 11.1 Å². The molecule has 0 saturated carbocycles. The quantitative estimate of drug-likeness (QED) is 0.202. The van der Waals surface area contributed by atoms with E-state index in [4.69, 9.17) is 27.9 Å². The topological polar surface area (TPSA) is 89.5 Å². The first kappa shape index (κ1) is 31.1. The fourth-order valence-electron chi connectivity index (χ4n) is 4.29. The average molecular weight is 597 g/mol. The van der Waals surface area contributed by atoms with Gasteiger partial charge in [0, 0.05) is 7.11 Å². The fraction of sp³-hybridized carbons (Fsp3) is 0.379. The summed E-state index contributed by atoms with van der Waals surface area (Å²) in [7, 11) is -4.71. The van der Waals surface area contributed by atoms with Crippen LogP contribution in [-0.2, 0) is 57.8 Å². The molecule has 12 heteroatoms. The second-order valence-electron chi connectivity index (χ2n) is 9.26. The lowest BCUT2D eigenvalue weighted by Gasteiger charge is -2.45. The highest BCUT2D eigenvalue weighted by molar-refractivity contribution is 7.87. The summed E-state index contributed by atoms with van der Waals surface area (Å²) in [6.07, 6.45) is -6.77. The molecular weight excluding hydrogens is 565 g/mol. The third-order valence-electron chi connectivity index (χ3n) is 6.31. The Hall–Kier alpha value is -2.84. The van der Waals surface area contributed by atoms with Crippen molar-refractivity contribution in [2.45, 2.75) is 56.0 Å². The Morgan fingerprint density at radius 2 is 1.17 bits per heavy atom. The summed E-state index contributed by atoms with van der Waals surface area (Å²) in [5.74, 6) is 0. The van der Waals surface area contributed by atoms with E-state index in [2.05, 4.69) is 0 Å². The van der Waals surface area contributed by atoms with Crippen molar-refractivity contribution in [3.05, 3.63) is 108 Å². The van der Waals surface area contributed by atoms with Gasteiger partial charge in [-0.05, 0) is 16.7 Å². The van der Waals surface area contributed by atoms with Gasteiger partial charge in [0.1, 0.15) is 24.4 Å². The molecule has 1 aliphatic rings. The summed E-state index contributed by atoms with van der Waals surface area (Å²) in [6, 6.07) is 26.9. The Morgan fingerprint density at radius 3 is 1.63 bits per heavy atom. The van der Waals surface area contributed by atoms with Crippen molar-refractivity contribution in [1.29, 1.82) is 0 Å². The highest BCUT2D eigenvalue weighted by atomic mass is 32.2. The minimum atomic E-state index is -6.05. The van der Waals surface area contributed by atoms with Gasteiger partial charge in [0.05, 0.1) is 26.4 Å². The molecule has 0 N–H and O–H groups in total. The number of benzene rings is 3. The molecule has 0 aliphatic carbocycles. The zero-order chi connectivity index (χ0) is 29.3. The maximum atomic E-state index is 13.5. The third kappa shape index (κ3) is 8.58. The van der Waals surface area contributed by atoms with Gasteiger partial charge in [-0.25, -0.2) is 0 Å². The van der Waals surface area contributed by atoms with Gasteiger partial charge in [-0.1, -0.05) is 91.0 Å². The van der Waals surface area contributed by atoms with Gasteiger partial charge >= 0.3 is 15.6 Å². The van der Waals surface area contributed by atoms with Crippen molar-refractivity contribution >= 4 is 10.1 Å². The number of ether oxygens (including phenoxy) is 5. The van der Waals surface area contributed by atoms with Crippen molar-refractivity contribution < 1.29 is 49.5 Å². The molecule has 3 aromatic rings. The largest absolute Gasteiger partial charge is 0.523 e. The van der Waals surface area contributed by atoms with Crippen molar-refractivity contribution in [3.63, 3.8) is 0 Å². The van der Waals surface area contributed by atoms with Crippen LogP contribution in [0.4, 0.5) is 13.2 Å². The van der Waals surface area contributed by atoms with Crippen molar-refractivity contribution in [2.75, 3.05) is 13.7 Å². The molecule has 222 valence electrons. The molecule has 0 aromatic heterocycles. The first-order valence-electron chi connectivity index (χ1n) is 12.8. The lowest BCUT2D eigenvalue weighted by Crippen LogP contribution is -2.62. The molecule has 0 spiro atoms. The van der Waals surface area contributed by atoms with Crippen LogP contribution in [0, 0.1) is 0 Å². The number of rotatable bonds is 13. The lowest BCUT2D eigenvalue weighted by atomic mass is 9.98. The molecule has 1 heterocycles. The second-order valence-corrected chi connectivity index (χ2v) is 10.8. The highest BCUT2D eigenvalue weighted by Crippen LogP contribution is 2.34. The van der Waals surface area contributed by atoms with Crippen molar-refractivity contribution in [3.8, 4) is 0 Å². The number of halogens is 3. The van der Waals surface area contributed by atoms with Gasteiger partial charge in [-0.2, -0.15) is 21.6 Å². The SMILES string of the molecule is CO[C@H]1O[C@H](COCc2ccccc2)[C@H](OS(=O)(=O)C(F)(F)F)[C@H](OCc2ccccc2)[C@H]1OCc1ccccc1. The first-order valence-corrected chi connectivity index (χ1v) is 14.2. The van der Waals surface area contributed by atoms with Gasteiger partial charge in [0.2, 0.25) is 0 Å². The van der Waals surface area contributed by atoms with Gasteiger partial charge in [-0.3, -0.25) is 4.18 Å². The standard InChI is InChI=1S/C29H31F3O8S/c1-35-28-27(38-19-23-15-9-4-10-16-23)26(37-18-22-13-7-3-8-14-22)25(40-41(33,34)29(30,31)32)24(39-28)20-36-17-21-11-5-2-6-12-21/h2-16,24-28H,17-20H2,1H3/t24-,25+,26+,27-,28+/m1/s1. The predicted molar refractivity (Wildman–Crippen MR) is 142 cm³/mol. The summed E-state index contributed by atoms with van der Waals surface area (Å²) < 4.78 is 99.1. The Balaban J connectivity index is 1.64. The maximum Gasteiger partial charge on any atom is 0.523 e. The van der Waals surface area contributed by atoms with Crippen LogP contribution in [0.3, 0.4) is 0 Å². The normalized spacial score (nSPS) is 23.4. The molecular formula is C29H31F3O8S. The molecule has 4 rings (SSSR count). The summed E-state index contributed by atoms with van der Waals surface area (Å²) in [5, 5.41) is 0. The molecule has 1 fully saturated rings. The predicted octanol–water partition coefficient (Wildman–Crippen LogP) is 4.98. The molecule has 1 saturated heterocycles. The number of alkyl halides is 3. The van der Waals surface area contributed by atoms with E-state index < -0.39 is 46.3 Å². The number of hydrogen-bond acceptors (Lipinski definition) is 8. The van der Waals surface area contributed by atoms with Crippen LogP contribution in [0.5, 0.6) is 0 Å². The van der Waals surface area contributed by atoms with Crippen LogP contribution >= 0.6 is 0 Å². The Kier molecular flexibility index (Phi) is 10.9. The fourth-order valence-corrected chi connectivity index (χ4v) is 4.92. The van der Waals surface area contributed by atoms with Crippen molar-refractivity contribution in [2.24, 2.45) is 0 Å². The summed E-state index contributed by atoms with van der Waals surface area (Å²) in [6.45, 7) is -0.269.